The second kappa shape index (κ2) is 9.68. The highest BCUT2D eigenvalue weighted by atomic mass is 32.1. The quantitative estimate of drug-likeness (QED) is 0.549. The maximum absolute atomic E-state index is 11.7. The molecule has 1 rings (SSSR count). The molecule has 0 aromatic rings. The van der Waals surface area contributed by atoms with Gasteiger partial charge in [0.2, 0.25) is 5.91 Å². The number of carbonyl (C=O) groups excluding carboxylic acids is 1. The standard InChI is InChI=1S/C9H15NO3S.C5H11NO2/c1-6(5-14)8(11)10-4-2-3-7(10)9(12)13;1-3(2)4(6)5(7)8/h6-7,14H,2-5H2,1H3,(H,12,13);3-4H,6H2,1-2H3,(H,7,8)/t6-,7+;4-/m10/s1. The lowest BCUT2D eigenvalue weighted by atomic mass is 10.1. The molecule has 0 bridgehead atoms. The third-order valence-electron chi connectivity index (χ3n) is 3.52. The number of aliphatic carboxylic acids is 2. The molecule has 1 saturated heterocycles. The van der Waals surface area contributed by atoms with E-state index in [1.54, 1.807) is 20.8 Å². The molecule has 0 aromatic heterocycles. The number of amides is 1. The summed E-state index contributed by atoms with van der Waals surface area (Å²) in [6, 6.07) is -1.33. The average molecular weight is 334 g/mol. The number of hydrogen-bond acceptors (Lipinski definition) is 5. The number of carboxylic acid groups (broad SMARTS) is 2. The van der Waals surface area contributed by atoms with E-state index < -0.39 is 24.0 Å². The highest BCUT2D eigenvalue weighted by molar-refractivity contribution is 7.80. The summed E-state index contributed by atoms with van der Waals surface area (Å²) in [4.78, 5) is 34.0. The first-order valence-corrected chi connectivity index (χ1v) is 7.89. The molecule has 4 N–H and O–H groups in total. The second-order valence-electron chi connectivity index (χ2n) is 5.72. The Bertz CT molecular complexity index is 403. The number of hydrogen-bond donors (Lipinski definition) is 4. The Morgan fingerprint density at radius 2 is 1.82 bits per heavy atom. The maximum Gasteiger partial charge on any atom is 0.326 e. The van der Waals surface area contributed by atoms with Gasteiger partial charge in [-0.15, -0.1) is 0 Å². The lowest BCUT2D eigenvalue weighted by Gasteiger charge is -2.24. The molecular formula is C14H26N2O5S. The fourth-order valence-electron chi connectivity index (χ4n) is 1.93. The molecule has 1 fully saturated rings. The molecule has 3 atom stereocenters. The Balaban J connectivity index is 0.000000472. The summed E-state index contributed by atoms with van der Waals surface area (Å²) in [5.41, 5.74) is 5.16. The van der Waals surface area contributed by atoms with E-state index in [-0.39, 0.29) is 17.7 Å². The molecule has 7 nitrogen and oxygen atoms in total. The van der Waals surface area contributed by atoms with Crippen LogP contribution in [0.3, 0.4) is 0 Å². The van der Waals surface area contributed by atoms with E-state index in [0.29, 0.717) is 18.7 Å². The van der Waals surface area contributed by atoms with Gasteiger partial charge in [-0.3, -0.25) is 9.59 Å². The molecule has 1 heterocycles. The molecule has 1 aliphatic rings. The zero-order chi connectivity index (χ0) is 17.4. The fourth-order valence-corrected chi connectivity index (χ4v) is 2.09. The first kappa shape index (κ1) is 20.7. The minimum atomic E-state index is -0.931. The molecular weight excluding hydrogens is 308 g/mol. The Morgan fingerprint density at radius 1 is 1.27 bits per heavy atom. The van der Waals surface area contributed by atoms with Gasteiger partial charge in [0.1, 0.15) is 12.1 Å². The van der Waals surface area contributed by atoms with Gasteiger partial charge in [-0.05, 0) is 18.8 Å². The third kappa shape index (κ3) is 6.23. The van der Waals surface area contributed by atoms with Crippen molar-refractivity contribution in [3.05, 3.63) is 0 Å². The summed E-state index contributed by atoms with van der Waals surface area (Å²) in [6.45, 7) is 5.89. The number of carbonyl (C=O) groups is 3. The molecule has 128 valence electrons. The molecule has 0 unspecified atom stereocenters. The van der Waals surface area contributed by atoms with Crippen LogP contribution < -0.4 is 5.73 Å². The van der Waals surface area contributed by atoms with E-state index in [1.165, 1.54) is 4.90 Å². The van der Waals surface area contributed by atoms with E-state index in [4.69, 9.17) is 15.9 Å². The Kier molecular flexibility index (Phi) is 9.12. The van der Waals surface area contributed by atoms with Crippen molar-refractivity contribution in [2.45, 2.75) is 45.7 Å². The predicted octanol–water partition coefficient (Wildman–Crippen LogP) is 0.682. The van der Waals surface area contributed by atoms with Crippen molar-refractivity contribution in [3.63, 3.8) is 0 Å². The number of nitrogens with two attached hydrogens (primary N) is 1. The van der Waals surface area contributed by atoms with Gasteiger partial charge in [0.05, 0.1) is 0 Å². The molecule has 22 heavy (non-hydrogen) atoms. The molecule has 8 heteroatoms. The second-order valence-corrected chi connectivity index (χ2v) is 6.08. The van der Waals surface area contributed by atoms with Crippen LogP contribution >= 0.6 is 12.6 Å². The van der Waals surface area contributed by atoms with Gasteiger partial charge in [0.15, 0.2) is 0 Å². The van der Waals surface area contributed by atoms with E-state index in [2.05, 4.69) is 12.6 Å². The number of likely N-dealkylation sites (tertiary alicyclic amines) is 1. The Morgan fingerprint density at radius 3 is 2.14 bits per heavy atom. The summed E-state index contributed by atoms with van der Waals surface area (Å²) in [6.07, 6.45) is 1.35. The largest absolute Gasteiger partial charge is 0.480 e. The number of thiol groups is 1. The minimum Gasteiger partial charge on any atom is -0.480 e. The molecule has 0 spiro atoms. The molecule has 1 aliphatic heterocycles. The predicted molar refractivity (Wildman–Crippen MR) is 85.8 cm³/mol. The first-order chi connectivity index (χ1) is 10.1. The van der Waals surface area contributed by atoms with Crippen molar-refractivity contribution in [1.82, 2.24) is 4.90 Å². The van der Waals surface area contributed by atoms with Crippen LogP contribution in [0.1, 0.15) is 33.6 Å². The van der Waals surface area contributed by atoms with Crippen molar-refractivity contribution < 1.29 is 24.6 Å². The van der Waals surface area contributed by atoms with Gasteiger partial charge in [-0.25, -0.2) is 4.79 Å². The van der Waals surface area contributed by atoms with Crippen LogP contribution in [0.25, 0.3) is 0 Å². The number of carboxylic acids is 2. The van der Waals surface area contributed by atoms with Gasteiger partial charge >= 0.3 is 11.9 Å². The molecule has 0 aliphatic carbocycles. The third-order valence-corrected chi connectivity index (χ3v) is 4.07. The zero-order valence-corrected chi connectivity index (χ0v) is 14.1. The zero-order valence-electron chi connectivity index (χ0n) is 13.2. The van der Waals surface area contributed by atoms with Gasteiger partial charge < -0.3 is 20.8 Å². The van der Waals surface area contributed by atoms with E-state index in [0.717, 1.165) is 6.42 Å². The Hall–Kier alpha value is -1.28. The molecule has 1 amide bonds. The molecule has 0 aromatic carbocycles. The monoisotopic (exact) mass is 334 g/mol. The van der Waals surface area contributed by atoms with Crippen molar-refractivity contribution in [2.24, 2.45) is 17.6 Å². The summed E-state index contributed by atoms with van der Waals surface area (Å²) >= 11 is 4.03. The van der Waals surface area contributed by atoms with E-state index in [1.807, 2.05) is 0 Å². The molecule has 0 saturated carbocycles. The smallest absolute Gasteiger partial charge is 0.326 e. The van der Waals surface area contributed by atoms with Crippen LogP contribution in [0, 0.1) is 11.8 Å². The summed E-state index contributed by atoms with van der Waals surface area (Å²) in [5.74, 6) is -1.64. The summed E-state index contributed by atoms with van der Waals surface area (Å²) in [7, 11) is 0. The number of rotatable bonds is 5. The molecule has 0 radical (unpaired) electrons. The van der Waals surface area contributed by atoms with Crippen LogP contribution in [-0.4, -0.2) is 57.3 Å². The highest BCUT2D eigenvalue weighted by Crippen LogP contribution is 2.20. The normalized spacial score (nSPS) is 20.1. The van der Waals surface area contributed by atoms with Crippen molar-refractivity contribution in [3.8, 4) is 0 Å². The average Bonchev–Trinajstić information content (AvgIpc) is 2.94. The van der Waals surface area contributed by atoms with Crippen LogP contribution in [0.4, 0.5) is 0 Å². The lowest BCUT2D eigenvalue weighted by molar-refractivity contribution is -0.149. The van der Waals surface area contributed by atoms with E-state index in [9.17, 15) is 14.4 Å². The maximum atomic E-state index is 11.7. The topological polar surface area (TPSA) is 121 Å². The van der Waals surface area contributed by atoms with Gasteiger partial charge in [-0.1, -0.05) is 20.8 Å². The van der Waals surface area contributed by atoms with E-state index >= 15 is 0 Å². The highest BCUT2D eigenvalue weighted by Gasteiger charge is 2.35. The van der Waals surface area contributed by atoms with Gasteiger partial charge in [-0.2, -0.15) is 12.6 Å². The summed E-state index contributed by atoms with van der Waals surface area (Å²) < 4.78 is 0. The van der Waals surface area contributed by atoms with Crippen LogP contribution in [0.2, 0.25) is 0 Å². The fraction of sp³-hybridized carbons (Fsp3) is 0.786. The van der Waals surface area contributed by atoms with Crippen molar-refractivity contribution >= 4 is 30.5 Å². The first-order valence-electron chi connectivity index (χ1n) is 7.26. The van der Waals surface area contributed by atoms with Gasteiger partial charge in [0, 0.05) is 18.2 Å². The summed E-state index contributed by atoms with van der Waals surface area (Å²) in [5, 5.41) is 17.1. The lowest BCUT2D eigenvalue weighted by Crippen LogP contribution is -2.43. The van der Waals surface area contributed by atoms with Crippen LogP contribution in [0.15, 0.2) is 0 Å². The van der Waals surface area contributed by atoms with Crippen LogP contribution in [0.5, 0.6) is 0 Å². The SMILES string of the molecule is CC(C)[C@H](N)C(=O)O.C[C@H](CS)C(=O)N1CCC[C@H]1C(=O)O. The van der Waals surface area contributed by atoms with Gasteiger partial charge in [0.25, 0.3) is 0 Å². The Labute approximate surface area is 136 Å². The minimum absolute atomic E-state index is 0.0208. The number of nitrogens with zero attached hydrogens (tertiary/aromatic N) is 1. The van der Waals surface area contributed by atoms with Crippen LogP contribution in [-0.2, 0) is 14.4 Å². The van der Waals surface area contributed by atoms with Crippen molar-refractivity contribution in [2.75, 3.05) is 12.3 Å². The van der Waals surface area contributed by atoms with Crippen molar-refractivity contribution in [1.29, 1.82) is 0 Å².